The van der Waals surface area contributed by atoms with Gasteiger partial charge >= 0.3 is 0 Å². The van der Waals surface area contributed by atoms with E-state index in [4.69, 9.17) is 14.7 Å². The van der Waals surface area contributed by atoms with E-state index in [0.29, 0.717) is 34.4 Å². The predicted molar refractivity (Wildman–Crippen MR) is 127 cm³/mol. The molecule has 1 atom stereocenters. The molecule has 3 N–H and O–H groups in total. The summed E-state index contributed by atoms with van der Waals surface area (Å²) in [5, 5.41) is 2.73. The number of nitrogens with two attached hydrogens (primary N) is 1. The topological polar surface area (TPSA) is 108 Å². The van der Waals surface area contributed by atoms with Gasteiger partial charge in [-0.2, -0.15) is 8.42 Å². The molecule has 0 aliphatic carbocycles. The Balaban J connectivity index is 1.85. The Bertz CT molecular complexity index is 1320. The van der Waals surface area contributed by atoms with Gasteiger partial charge in [-0.25, -0.2) is 13.0 Å². The minimum atomic E-state index is -3.97. The number of benzene rings is 3. The van der Waals surface area contributed by atoms with Crippen molar-refractivity contribution in [3.63, 3.8) is 0 Å². The molecule has 1 unspecified atom stereocenters. The van der Waals surface area contributed by atoms with Crippen LogP contribution in [-0.4, -0.2) is 26.3 Å². The zero-order valence-corrected chi connectivity index (χ0v) is 20.1. The molecule has 7 nitrogen and oxygen atoms in total. The lowest BCUT2D eigenvalue weighted by atomic mass is 10.0. The van der Waals surface area contributed by atoms with Gasteiger partial charge in [-0.1, -0.05) is 36.4 Å². The van der Waals surface area contributed by atoms with Crippen LogP contribution in [0.3, 0.4) is 0 Å². The molecular formula is C25H26F2N2O5S. The minimum Gasteiger partial charge on any atom is -0.489 e. The Morgan fingerprint density at radius 3 is 2.20 bits per heavy atom. The molecule has 10 heteroatoms. The normalized spacial score (nSPS) is 13.3. The van der Waals surface area contributed by atoms with Crippen LogP contribution in [-0.2, 0) is 38.7 Å². The van der Waals surface area contributed by atoms with Crippen LogP contribution in [0.4, 0.5) is 8.78 Å². The van der Waals surface area contributed by atoms with Gasteiger partial charge in [0.25, 0.3) is 16.0 Å². The van der Waals surface area contributed by atoms with Crippen molar-refractivity contribution in [3.05, 3.63) is 101 Å². The van der Waals surface area contributed by atoms with E-state index in [2.05, 4.69) is 5.32 Å². The predicted octanol–water partition coefficient (Wildman–Crippen LogP) is 3.40. The number of halogens is 2. The fourth-order valence-corrected chi connectivity index (χ4v) is 4.15. The molecule has 3 rings (SSSR count). The van der Waals surface area contributed by atoms with Gasteiger partial charge in [0.1, 0.15) is 24.0 Å². The lowest BCUT2D eigenvalue weighted by Crippen LogP contribution is -2.55. The highest BCUT2D eigenvalue weighted by Gasteiger charge is 2.35. The summed E-state index contributed by atoms with van der Waals surface area (Å²) in [4.78, 5) is 11.8. The third-order valence-corrected chi connectivity index (χ3v) is 5.75. The molecule has 0 aliphatic rings. The molecule has 1 amide bonds. The molecule has 3 aromatic carbocycles. The lowest BCUT2D eigenvalue weighted by molar-refractivity contribution is -0.134. The van der Waals surface area contributed by atoms with Crippen LogP contribution in [0.2, 0.25) is 0 Å². The van der Waals surface area contributed by atoms with Crippen LogP contribution in [0, 0.1) is 11.6 Å². The molecule has 0 saturated carbocycles. The fourth-order valence-electron chi connectivity index (χ4n) is 3.41. The number of ether oxygens (including phenoxy) is 1. The van der Waals surface area contributed by atoms with Gasteiger partial charge < -0.3 is 10.5 Å². The number of carbonyl (C=O) groups is 1. The van der Waals surface area contributed by atoms with Crippen LogP contribution in [0.25, 0.3) is 0 Å². The summed E-state index contributed by atoms with van der Waals surface area (Å²) < 4.78 is 61.2. The van der Waals surface area contributed by atoms with E-state index >= 15 is 0 Å². The van der Waals surface area contributed by atoms with E-state index in [1.807, 2.05) is 0 Å². The first-order valence-corrected chi connectivity index (χ1v) is 12.4. The molecule has 0 aromatic heterocycles. The maximum Gasteiger partial charge on any atom is 0.266 e. The fraction of sp³-hybridized carbons (Fsp3) is 0.240. The Labute approximate surface area is 203 Å². The number of amides is 1. The summed E-state index contributed by atoms with van der Waals surface area (Å²) >= 11 is 0. The standard InChI is InChI=1S/C25H26F2N2O5S/c1-25(24(28)30,34-35(2,31)32)29-15-18-9-10-23(33-16-19-6-4-8-22(27)14-19)20(12-18)11-17-5-3-7-21(26)13-17/h3-10,12-14,29H,11,15-16H2,1-2H3,(H2,28,30). The van der Waals surface area contributed by atoms with Crippen LogP contribution in [0.5, 0.6) is 5.75 Å². The van der Waals surface area contributed by atoms with Crippen molar-refractivity contribution < 1.29 is 30.9 Å². The van der Waals surface area contributed by atoms with Crippen LogP contribution in [0.1, 0.15) is 29.2 Å². The Hall–Kier alpha value is -3.34. The molecule has 0 aliphatic heterocycles. The van der Waals surface area contributed by atoms with Crippen molar-refractivity contribution in [2.75, 3.05) is 6.26 Å². The molecule has 186 valence electrons. The van der Waals surface area contributed by atoms with E-state index in [0.717, 1.165) is 6.26 Å². The van der Waals surface area contributed by atoms with Gasteiger partial charge in [-0.15, -0.1) is 0 Å². The molecule has 0 heterocycles. The van der Waals surface area contributed by atoms with Crippen LogP contribution in [0.15, 0.2) is 66.7 Å². The van der Waals surface area contributed by atoms with Gasteiger partial charge in [-0.3, -0.25) is 10.1 Å². The molecule has 35 heavy (non-hydrogen) atoms. The van der Waals surface area contributed by atoms with Gasteiger partial charge in [0.2, 0.25) is 5.72 Å². The summed E-state index contributed by atoms with van der Waals surface area (Å²) in [5.41, 5.74) is 6.10. The first-order chi connectivity index (χ1) is 16.4. The van der Waals surface area contributed by atoms with E-state index in [1.165, 1.54) is 31.2 Å². The maximum absolute atomic E-state index is 13.7. The zero-order chi connectivity index (χ0) is 25.6. The largest absolute Gasteiger partial charge is 0.489 e. The van der Waals surface area contributed by atoms with E-state index in [-0.39, 0.29) is 24.8 Å². The number of nitrogens with one attached hydrogen (secondary N) is 1. The molecule has 0 spiro atoms. The summed E-state index contributed by atoms with van der Waals surface area (Å²) in [5.74, 6) is -1.25. The number of hydrogen-bond donors (Lipinski definition) is 2. The first-order valence-electron chi connectivity index (χ1n) is 10.6. The second-order valence-electron chi connectivity index (χ2n) is 8.21. The highest BCUT2D eigenvalue weighted by Crippen LogP contribution is 2.25. The monoisotopic (exact) mass is 504 g/mol. The van der Waals surface area contributed by atoms with Crippen molar-refractivity contribution in [1.82, 2.24) is 5.32 Å². The Morgan fingerprint density at radius 1 is 0.971 bits per heavy atom. The molecule has 0 saturated heterocycles. The molecule has 0 bridgehead atoms. The Kier molecular flexibility index (Phi) is 8.21. The van der Waals surface area contributed by atoms with E-state index in [9.17, 15) is 22.0 Å². The van der Waals surface area contributed by atoms with Gasteiger partial charge in [0.15, 0.2) is 0 Å². The van der Waals surface area contributed by atoms with Crippen LogP contribution < -0.4 is 15.8 Å². The molecule has 3 aromatic rings. The van der Waals surface area contributed by atoms with Crippen molar-refractivity contribution >= 4 is 16.0 Å². The maximum atomic E-state index is 13.7. The second kappa shape index (κ2) is 10.9. The average molecular weight is 505 g/mol. The highest BCUT2D eigenvalue weighted by molar-refractivity contribution is 7.86. The summed E-state index contributed by atoms with van der Waals surface area (Å²) in [6, 6.07) is 17.4. The smallest absolute Gasteiger partial charge is 0.266 e. The van der Waals surface area contributed by atoms with Gasteiger partial charge in [-0.05, 0) is 59.5 Å². The summed E-state index contributed by atoms with van der Waals surface area (Å²) in [6.07, 6.45) is 1.15. The van der Waals surface area contributed by atoms with Gasteiger partial charge in [0.05, 0.1) is 6.26 Å². The zero-order valence-electron chi connectivity index (χ0n) is 19.3. The van der Waals surface area contributed by atoms with Crippen molar-refractivity contribution in [1.29, 1.82) is 0 Å². The number of primary amides is 1. The van der Waals surface area contributed by atoms with Crippen molar-refractivity contribution in [2.45, 2.75) is 32.2 Å². The third-order valence-electron chi connectivity index (χ3n) is 5.11. The third kappa shape index (κ3) is 7.84. The van der Waals surface area contributed by atoms with Crippen molar-refractivity contribution in [3.8, 4) is 5.75 Å². The highest BCUT2D eigenvalue weighted by atomic mass is 32.2. The Morgan fingerprint density at radius 2 is 1.60 bits per heavy atom. The van der Waals surface area contributed by atoms with E-state index in [1.54, 1.807) is 42.5 Å². The number of rotatable bonds is 11. The molecule has 0 radical (unpaired) electrons. The van der Waals surface area contributed by atoms with Crippen molar-refractivity contribution in [2.24, 2.45) is 5.73 Å². The number of carbonyl (C=O) groups excluding carboxylic acids is 1. The summed E-state index contributed by atoms with van der Waals surface area (Å²) in [7, 11) is -3.97. The lowest BCUT2D eigenvalue weighted by Gasteiger charge is -2.26. The molecule has 0 fully saturated rings. The SMILES string of the molecule is CC(NCc1ccc(OCc2cccc(F)c2)c(Cc2cccc(F)c2)c1)(OS(C)(=O)=O)C(N)=O. The van der Waals surface area contributed by atoms with E-state index < -0.39 is 21.8 Å². The van der Waals surface area contributed by atoms with Crippen LogP contribution >= 0.6 is 0 Å². The summed E-state index contributed by atoms with van der Waals surface area (Å²) in [6.45, 7) is 1.38. The first kappa shape index (κ1) is 26.3. The van der Waals surface area contributed by atoms with Gasteiger partial charge in [0, 0.05) is 13.0 Å². The average Bonchev–Trinajstić information content (AvgIpc) is 2.76. The minimum absolute atomic E-state index is 0.0370. The molecular weight excluding hydrogens is 478 g/mol. The quantitative estimate of drug-likeness (QED) is 0.306. The number of hydrogen-bond acceptors (Lipinski definition) is 6. The second-order valence-corrected chi connectivity index (χ2v) is 9.78.